The highest BCUT2D eigenvalue weighted by Crippen LogP contribution is 2.53. The second-order valence-electron chi connectivity index (χ2n) is 20.6. The van der Waals surface area contributed by atoms with Crippen LogP contribution < -0.4 is 35.9 Å². The number of fused-ring (bicyclic) bond motifs is 7. The van der Waals surface area contributed by atoms with Gasteiger partial charge in [-0.15, -0.1) is 0 Å². The Hall–Kier alpha value is -5.10. The van der Waals surface area contributed by atoms with Crippen molar-refractivity contribution in [3.05, 3.63) is 111 Å². The molecule has 0 aliphatic carbocycles. The molecule has 9 rings (SSSR count). The van der Waals surface area contributed by atoms with Gasteiger partial charge < -0.3 is 23.7 Å². The second-order valence-corrected chi connectivity index (χ2v) is 20.6. The van der Waals surface area contributed by atoms with E-state index in [0.29, 0.717) is 0 Å². The predicted molar refractivity (Wildman–Crippen MR) is 245 cm³/mol. The molecular weight excluding hydrogens is 711 g/mol. The summed E-state index contributed by atoms with van der Waals surface area (Å²) >= 11 is 0. The standard InChI is InChI=1S/C52H59BN2O3/c1-28(2)33-23-40-44-41(24-33)55(45-29(3)20-36(21-30(45)4)52(13,14)15)47-37-25-34(50(7,8)9)17-19-42(37)58-49(47)53(44)38-26-35(51(10,11)12)16-18-39(38)54(40)46-31(5)22-43-48(32(46)6)57-27-56-43/h16-26,28H,27H2,1-15H3. The zero-order valence-electron chi connectivity index (χ0n) is 37.3. The van der Waals surface area contributed by atoms with Gasteiger partial charge in [0, 0.05) is 28.0 Å². The molecule has 6 heteroatoms. The van der Waals surface area contributed by atoms with E-state index in [-0.39, 0.29) is 35.7 Å². The third kappa shape index (κ3) is 5.72. The number of rotatable bonds is 3. The Morgan fingerprint density at radius 3 is 1.79 bits per heavy atom. The van der Waals surface area contributed by atoms with Crippen molar-refractivity contribution in [2.24, 2.45) is 0 Å². The number of nitrogens with zero attached hydrogens (tertiary/aromatic N) is 2. The lowest BCUT2D eigenvalue weighted by Crippen LogP contribution is -2.61. The number of hydrogen-bond donors (Lipinski definition) is 0. The number of aryl methyl sites for hydroxylation is 3. The highest BCUT2D eigenvalue weighted by Gasteiger charge is 2.48. The summed E-state index contributed by atoms with van der Waals surface area (Å²) in [5.74, 6) is 1.92. The van der Waals surface area contributed by atoms with E-state index in [4.69, 9.17) is 13.9 Å². The van der Waals surface area contributed by atoms with E-state index < -0.39 is 0 Å². The van der Waals surface area contributed by atoms with E-state index in [0.717, 1.165) is 50.6 Å². The molecule has 5 nitrogen and oxygen atoms in total. The van der Waals surface area contributed by atoms with E-state index >= 15 is 0 Å². The molecule has 0 spiro atoms. The van der Waals surface area contributed by atoms with Crippen molar-refractivity contribution >= 4 is 68.4 Å². The first kappa shape index (κ1) is 38.4. The van der Waals surface area contributed by atoms with Crippen molar-refractivity contribution in [2.75, 3.05) is 16.6 Å². The minimum absolute atomic E-state index is 0.0161. The molecule has 1 aromatic heterocycles. The Balaban J connectivity index is 1.46. The normalized spacial score (nSPS) is 14.7. The molecule has 3 aliphatic rings. The summed E-state index contributed by atoms with van der Waals surface area (Å²) in [7, 11) is 0. The molecule has 0 saturated carbocycles. The highest BCUT2D eigenvalue weighted by molar-refractivity contribution is 7.00. The summed E-state index contributed by atoms with van der Waals surface area (Å²) in [6, 6.07) is 25.9. The van der Waals surface area contributed by atoms with Crippen molar-refractivity contribution in [1.29, 1.82) is 0 Å². The molecule has 0 unspecified atom stereocenters. The van der Waals surface area contributed by atoms with Crippen molar-refractivity contribution in [3.63, 3.8) is 0 Å². The Bertz CT molecular complexity index is 2670. The quantitative estimate of drug-likeness (QED) is 0.167. The van der Waals surface area contributed by atoms with Gasteiger partial charge in [-0.05, 0) is 136 Å². The average Bonchev–Trinajstić information content (AvgIpc) is 3.76. The van der Waals surface area contributed by atoms with Gasteiger partial charge in [0.05, 0.1) is 22.7 Å². The zero-order chi connectivity index (χ0) is 41.5. The molecule has 58 heavy (non-hydrogen) atoms. The second kappa shape index (κ2) is 12.7. The van der Waals surface area contributed by atoms with Crippen LogP contribution in [-0.4, -0.2) is 13.5 Å². The van der Waals surface area contributed by atoms with E-state index in [9.17, 15) is 0 Å². The minimum Gasteiger partial charge on any atom is -0.468 e. The number of ether oxygens (including phenoxy) is 2. The molecule has 0 saturated heterocycles. The monoisotopic (exact) mass is 770 g/mol. The molecular formula is C52H59BN2O3. The third-order valence-electron chi connectivity index (χ3n) is 12.9. The summed E-state index contributed by atoms with van der Waals surface area (Å²) in [6.07, 6.45) is 0. The number of furan rings is 1. The zero-order valence-corrected chi connectivity index (χ0v) is 37.3. The van der Waals surface area contributed by atoms with Gasteiger partial charge in [-0.25, -0.2) is 0 Å². The molecule has 0 N–H and O–H groups in total. The maximum absolute atomic E-state index is 7.33. The SMILES string of the molecule is Cc1cc(C(C)(C)C)cc(C)c1N1c2cc(C(C)C)cc3c2B(c2cc(C(C)(C)C)ccc2N3c2c(C)cc3c(c2C)OCO3)c2oc3ccc(C(C)(C)C)cc3c21. The van der Waals surface area contributed by atoms with Crippen LogP contribution in [0.3, 0.4) is 0 Å². The summed E-state index contributed by atoms with van der Waals surface area (Å²) in [5, 5.41) is 1.15. The van der Waals surface area contributed by atoms with Crippen LogP contribution in [0.25, 0.3) is 11.0 Å². The molecule has 0 atom stereocenters. The summed E-state index contributed by atoms with van der Waals surface area (Å²) < 4.78 is 19.5. The van der Waals surface area contributed by atoms with E-state index in [2.05, 4.69) is 180 Å². The molecule has 298 valence electrons. The van der Waals surface area contributed by atoms with Gasteiger partial charge in [-0.1, -0.05) is 106 Å². The fourth-order valence-electron chi connectivity index (χ4n) is 9.69. The van der Waals surface area contributed by atoms with Crippen LogP contribution in [0.15, 0.2) is 71.1 Å². The first-order valence-electron chi connectivity index (χ1n) is 21.2. The molecule has 0 radical (unpaired) electrons. The average molecular weight is 771 g/mol. The fourth-order valence-corrected chi connectivity index (χ4v) is 9.69. The number of benzene rings is 5. The lowest BCUT2D eigenvalue weighted by molar-refractivity contribution is 0.173. The maximum Gasteiger partial charge on any atom is 0.297 e. The fraction of sp³-hybridized carbons (Fsp3) is 0.385. The Kier molecular flexibility index (Phi) is 8.41. The number of anilines is 6. The first-order valence-corrected chi connectivity index (χ1v) is 21.2. The van der Waals surface area contributed by atoms with Gasteiger partial charge >= 0.3 is 0 Å². The van der Waals surface area contributed by atoms with E-state index in [1.807, 2.05) is 0 Å². The van der Waals surface area contributed by atoms with Crippen molar-refractivity contribution in [3.8, 4) is 11.5 Å². The van der Waals surface area contributed by atoms with Crippen molar-refractivity contribution < 1.29 is 13.9 Å². The molecule has 4 heterocycles. The van der Waals surface area contributed by atoms with Gasteiger partial charge in [0.15, 0.2) is 11.5 Å². The van der Waals surface area contributed by atoms with Gasteiger partial charge in [-0.3, -0.25) is 0 Å². The van der Waals surface area contributed by atoms with E-state index in [1.54, 1.807) is 0 Å². The highest BCUT2D eigenvalue weighted by atomic mass is 16.7. The summed E-state index contributed by atoms with van der Waals surface area (Å²) in [5.41, 5.74) is 21.4. The van der Waals surface area contributed by atoms with Gasteiger partial charge in [0.2, 0.25) is 6.79 Å². The third-order valence-corrected chi connectivity index (χ3v) is 12.9. The molecule has 6 aromatic rings. The number of hydrogen-bond acceptors (Lipinski definition) is 5. The topological polar surface area (TPSA) is 38.1 Å². The van der Waals surface area contributed by atoms with Gasteiger partial charge in [0.25, 0.3) is 6.71 Å². The molecule has 0 fully saturated rings. The Morgan fingerprint density at radius 1 is 0.586 bits per heavy atom. The molecule has 5 aromatic carbocycles. The maximum atomic E-state index is 7.33. The van der Waals surface area contributed by atoms with Crippen molar-refractivity contribution in [2.45, 2.75) is 126 Å². The summed E-state index contributed by atoms with van der Waals surface area (Å²) in [6.45, 7) is 34.5. The lowest BCUT2D eigenvalue weighted by Gasteiger charge is -2.44. The van der Waals surface area contributed by atoms with Crippen LogP contribution in [0.1, 0.15) is 127 Å². The largest absolute Gasteiger partial charge is 0.468 e. The lowest BCUT2D eigenvalue weighted by atomic mass is 9.35. The van der Waals surface area contributed by atoms with Gasteiger partial charge in [0.1, 0.15) is 5.58 Å². The van der Waals surface area contributed by atoms with E-state index in [1.165, 1.54) is 67.1 Å². The smallest absolute Gasteiger partial charge is 0.297 e. The van der Waals surface area contributed by atoms with Crippen LogP contribution >= 0.6 is 0 Å². The van der Waals surface area contributed by atoms with Crippen LogP contribution in [0.4, 0.5) is 34.1 Å². The minimum atomic E-state index is -0.138. The van der Waals surface area contributed by atoms with Crippen LogP contribution in [0.5, 0.6) is 11.5 Å². The Labute approximate surface area is 346 Å². The first-order chi connectivity index (χ1) is 27.1. The van der Waals surface area contributed by atoms with Crippen LogP contribution in [-0.2, 0) is 16.2 Å². The van der Waals surface area contributed by atoms with Crippen LogP contribution in [0, 0.1) is 27.7 Å². The summed E-state index contributed by atoms with van der Waals surface area (Å²) in [4.78, 5) is 5.11. The molecule has 0 amide bonds. The van der Waals surface area contributed by atoms with Gasteiger partial charge in [-0.2, -0.15) is 0 Å². The van der Waals surface area contributed by atoms with Crippen molar-refractivity contribution in [1.82, 2.24) is 0 Å². The molecule has 0 bridgehead atoms. The van der Waals surface area contributed by atoms with Crippen LogP contribution in [0.2, 0.25) is 0 Å². The predicted octanol–water partition coefficient (Wildman–Crippen LogP) is 12.5. The Morgan fingerprint density at radius 2 is 1.17 bits per heavy atom. The molecule has 3 aliphatic heterocycles.